The van der Waals surface area contributed by atoms with Crippen molar-refractivity contribution in [2.75, 3.05) is 17.7 Å². The van der Waals surface area contributed by atoms with Crippen LogP contribution >= 0.6 is 0 Å². The summed E-state index contributed by atoms with van der Waals surface area (Å²) in [5.41, 5.74) is 12.0. The van der Waals surface area contributed by atoms with E-state index in [1.54, 1.807) is 0 Å². The number of amides is 1. The lowest BCUT2D eigenvalue weighted by atomic mass is 10.1. The molecule has 0 radical (unpaired) electrons. The van der Waals surface area contributed by atoms with Crippen LogP contribution < -0.4 is 15.8 Å². The number of anilines is 2. The van der Waals surface area contributed by atoms with Crippen molar-refractivity contribution in [2.45, 2.75) is 13.8 Å². The zero-order valence-corrected chi connectivity index (χ0v) is 12.9. The first-order chi connectivity index (χ1) is 11.0. The van der Waals surface area contributed by atoms with Crippen LogP contribution in [0.2, 0.25) is 0 Å². The molecule has 1 aromatic carbocycles. The Kier molecular flexibility index (Phi) is 2.81. The van der Waals surface area contributed by atoms with Crippen molar-refractivity contribution in [1.29, 1.82) is 0 Å². The van der Waals surface area contributed by atoms with E-state index in [1.165, 1.54) is 0 Å². The molecule has 4 rings (SSSR count). The van der Waals surface area contributed by atoms with Crippen molar-refractivity contribution >= 4 is 22.9 Å². The van der Waals surface area contributed by atoms with Gasteiger partial charge in [-0.2, -0.15) is 0 Å². The highest BCUT2D eigenvalue weighted by atomic mass is 16.5. The summed E-state index contributed by atoms with van der Waals surface area (Å²) in [6, 6.07) is 7.58. The fourth-order valence-electron chi connectivity index (χ4n) is 2.93. The average molecular weight is 308 g/mol. The van der Waals surface area contributed by atoms with Crippen molar-refractivity contribution in [3.05, 3.63) is 41.7 Å². The van der Waals surface area contributed by atoms with Gasteiger partial charge in [-0.3, -0.25) is 4.79 Å². The summed E-state index contributed by atoms with van der Waals surface area (Å²) in [6.45, 7) is 4.05. The number of hydrogen-bond acceptors (Lipinski definition) is 4. The Labute approximate surface area is 132 Å². The van der Waals surface area contributed by atoms with Gasteiger partial charge >= 0.3 is 0 Å². The Morgan fingerprint density at radius 3 is 2.96 bits per heavy atom. The molecule has 1 aliphatic heterocycles. The minimum Gasteiger partial charge on any atom is -0.482 e. The van der Waals surface area contributed by atoms with E-state index in [1.807, 2.05) is 48.7 Å². The van der Waals surface area contributed by atoms with Gasteiger partial charge < -0.3 is 20.2 Å². The molecule has 6 heteroatoms. The molecule has 23 heavy (non-hydrogen) atoms. The Balaban J connectivity index is 1.90. The molecule has 3 heterocycles. The lowest BCUT2D eigenvalue weighted by Gasteiger charge is -2.18. The van der Waals surface area contributed by atoms with E-state index in [4.69, 9.17) is 10.5 Å². The molecule has 0 aliphatic carbocycles. The van der Waals surface area contributed by atoms with Gasteiger partial charge in [-0.25, -0.2) is 4.98 Å². The molecule has 6 nitrogen and oxygen atoms in total. The first-order valence-corrected chi connectivity index (χ1v) is 7.35. The Hall–Kier alpha value is -3.02. The number of hydrogen-bond donors (Lipinski definition) is 2. The van der Waals surface area contributed by atoms with Crippen molar-refractivity contribution in [3.8, 4) is 17.0 Å². The fraction of sp³-hybridized carbons (Fsp3) is 0.176. The van der Waals surface area contributed by atoms with Crippen LogP contribution in [0.1, 0.15) is 11.3 Å². The molecule has 0 atom stereocenters. The van der Waals surface area contributed by atoms with Gasteiger partial charge in [0.25, 0.3) is 5.91 Å². The number of nitrogens with two attached hydrogens (primary N) is 1. The average Bonchev–Trinajstić information content (AvgIpc) is 2.84. The second-order valence-electron chi connectivity index (χ2n) is 5.76. The lowest BCUT2D eigenvalue weighted by Crippen LogP contribution is -2.25. The van der Waals surface area contributed by atoms with Crippen LogP contribution in [0, 0.1) is 13.8 Å². The van der Waals surface area contributed by atoms with Crippen molar-refractivity contribution in [2.24, 2.45) is 0 Å². The topological polar surface area (TPSA) is 81.6 Å². The van der Waals surface area contributed by atoms with Crippen LogP contribution in [0.5, 0.6) is 5.75 Å². The number of fused-ring (bicyclic) bond motifs is 2. The molecule has 0 spiro atoms. The Bertz CT molecular complexity index is 959. The number of pyridine rings is 1. The van der Waals surface area contributed by atoms with E-state index in [0.29, 0.717) is 17.1 Å². The summed E-state index contributed by atoms with van der Waals surface area (Å²) in [5, 5.41) is 2.82. The van der Waals surface area contributed by atoms with Crippen LogP contribution in [0.25, 0.3) is 16.9 Å². The summed E-state index contributed by atoms with van der Waals surface area (Å²) in [6.07, 6.45) is 2.01. The number of nitrogen functional groups attached to an aromatic ring is 1. The molecule has 0 saturated heterocycles. The van der Waals surface area contributed by atoms with Crippen LogP contribution in [0.15, 0.2) is 30.5 Å². The summed E-state index contributed by atoms with van der Waals surface area (Å²) in [5.74, 6) is 0.520. The molecular formula is C17H16N4O2. The zero-order chi connectivity index (χ0) is 16.1. The third-order valence-corrected chi connectivity index (χ3v) is 4.01. The summed E-state index contributed by atoms with van der Waals surface area (Å²) in [4.78, 5) is 16.2. The molecular weight excluding hydrogens is 292 g/mol. The van der Waals surface area contributed by atoms with Gasteiger partial charge in [0.1, 0.15) is 5.75 Å². The largest absolute Gasteiger partial charge is 0.482 e. The van der Waals surface area contributed by atoms with E-state index in [0.717, 1.165) is 28.2 Å². The van der Waals surface area contributed by atoms with Gasteiger partial charge in [0.05, 0.1) is 17.1 Å². The maximum absolute atomic E-state index is 11.5. The zero-order valence-electron chi connectivity index (χ0n) is 12.9. The monoisotopic (exact) mass is 308 g/mol. The smallest absolute Gasteiger partial charge is 0.262 e. The molecule has 0 fully saturated rings. The van der Waals surface area contributed by atoms with Gasteiger partial charge in [0.2, 0.25) is 0 Å². The highest BCUT2D eigenvalue weighted by molar-refractivity contribution is 5.96. The third-order valence-electron chi connectivity index (χ3n) is 4.01. The molecule has 3 N–H and O–H groups in total. The third kappa shape index (κ3) is 2.11. The predicted octanol–water partition coefficient (Wildman–Crippen LogP) is 2.53. The van der Waals surface area contributed by atoms with Crippen molar-refractivity contribution < 1.29 is 9.53 Å². The van der Waals surface area contributed by atoms with Crippen molar-refractivity contribution in [1.82, 2.24) is 9.38 Å². The Morgan fingerprint density at radius 2 is 2.13 bits per heavy atom. The number of ether oxygens (including phenoxy) is 1. The second kappa shape index (κ2) is 4.74. The van der Waals surface area contributed by atoms with Crippen LogP contribution in [0.4, 0.5) is 11.4 Å². The van der Waals surface area contributed by atoms with Gasteiger partial charge in [-0.05, 0) is 43.7 Å². The predicted molar refractivity (Wildman–Crippen MR) is 88.6 cm³/mol. The van der Waals surface area contributed by atoms with Crippen LogP contribution in [-0.4, -0.2) is 21.9 Å². The molecule has 0 saturated carbocycles. The van der Waals surface area contributed by atoms with E-state index < -0.39 is 0 Å². The number of imidazole rings is 1. The first kappa shape index (κ1) is 13.6. The number of carbonyl (C=O) groups excluding carboxylic acids is 1. The number of nitrogens with one attached hydrogen (secondary N) is 1. The summed E-state index contributed by atoms with van der Waals surface area (Å²) in [7, 11) is 0. The van der Waals surface area contributed by atoms with Crippen LogP contribution in [-0.2, 0) is 4.79 Å². The van der Waals surface area contributed by atoms with Gasteiger partial charge in [-0.1, -0.05) is 0 Å². The molecule has 0 unspecified atom stereocenters. The SMILES string of the molecule is Cc1cc(N)c2nc(-c3ccc4c(c3)NC(=O)CO4)c(C)n2c1. The number of rotatable bonds is 1. The van der Waals surface area contributed by atoms with E-state index in [9.17, 15) is 4.79 Å². The lowest BCUT2D eigenvalue weighted by molar-refractivity contribution is -0.118. The molecule has 1 amide bonds. The number of benzene rings is 1. The number of carbonyl (C=O) groups is 1. The molecule has 2 aromatic heterocycles. The standard InChI is InChI=1S/C17H16N4O2/c1-9-5-12(18)17-20-16(10(2)21(17)7-9)11-3-4-14-13(6-11)19-15(22)8-23-14/h3-7H,8,18H2,1-2H3,(H,19,22). The van der Waals surface area contributed by atoms with Crippen molar-refractivity contribution in [3.63, 3.8) is 0 Å². The quantitative estimate of drug-likeness (QED) is 0.724. The summed E-state index contributed by atoms with van der Waals surface area (Å²) >= 11 is 0. The highest BCUT2D eigenvalue weighted by Crippen LogP contribution is 2.34. The van der Waals surface area contributed by atoms with E-state index >= 15 is 0 Å². The molecule has 116 valence electrons. The molecule has 3 aromatic rings. The van der Waals surface area contributed by atoms with Gasteiger partial charge in [-0.15, -0.1) is 0 Å². The van der Waals surface area contributed by atoms with Gasteiger partial charge in [0, 0.05) is 17.5 Å². The van der Waals surface area contributed by atoms with Gasteiger partial charge in [0.15, 0.2) is 12.3 Å². The first-order valence-electron chi connectivity index (χ1n) is 7.35. The van der Waals surface area contributed by atoms with E-state index in [2.05, 4.69) is 10.3 Å². The summed E-state index contributed by atoms with van der Waals surface area (Å²) < 4.78 is 7.39. The molecule has 0 bridgehead atoms. The highest BCUT2D eigenvalue weighted by Gasteiger charge is 2.19. The number of aryl methyl sites for hydroxylation is 2. The van der Waals surface area contributed by atoms with Crippen LogP contribution in [0.3, 0.4) is 0 Å². The minimum atomic E-state index is -0.152. The fourth-order valence-corrected chi connectivity index (χ4v) is 2.93. The normalized spacial score (nSPS) is 13.6. The Morgan fingerprint density at radius 1 is 1.30 bits per heavy atom. The minimum absolute atomic E-state index is 0.0511. The maximum atomic E-state index is 11.5. The second-order valence-corrected chi connectivity index (χ2v) is 5.76. The van der Waals surface area contributed by atoms with E-state index in [-0.39, 0.29) is 12.5 Å². The number of aromatic nitrogens is 2. The molecule has 1 aliphatic rings. The number of nitrogens with zero attached hydrogens (tertiary/aromatic N) is 2. The maximum Gasteiger partial charge on any atom is 0.262 e.